The van der Waals surface area contributed by atoms with Crippen LogP contribution >= 0.6 is 11.3 Å². The first-order valence-electron chi connectivity index (χ1n) is 11.5. The van der Waals surface area contributed by atoms with Crippen LogP contribution in [0.5, 0.6) is 0 Å². The van der Waals surface area contributed by atoms with Crippen molar-refractivity contribution in [2.24, 2.45) is 7.05 Å². The summed E-state index contributed by atoms with van der Waals surface area (Å²) in [7, 11) is 2.05. The Morgan fingerprint density at radius 2 is 1.79 bits per heavy atom. The summed E-state index contributed by atoms with van der Waals surface area (Å²) in [6.07, 6.45) is 1.75. The van der Waals surface area contributed by atoms with Crippen LogP contribution in [0.3, 0.4) is 0 Å². The molecule has 1 amide bonds. The molecule has 2 aromatic heterocycles. The van der Waals surface area contributed by atoms with Gasteiger partial charge < -0.3 is 9.47 Å². The Bertz CT molecular complexity index is 1510. The quantitative estimate of drug-likeness (QED) is 0.301. The standard InChI is InChI=1S/C29H26N2OS/c1-19-27(24-9-5-6-10-25(24)30(19)2)29(32)31-15-13-22-14-16-33-28(22)26(31)18-20-11-12-21-7-3-4-8-23(21)17-20/h3-12,14,16-17,26H,13,15,18H2,1-2H3. The molecule has 3 aromatic carbocycles. The first-order chi connectivity index (χ1) is 16.1. The van der Waals surface area contributed by atoms with Gasteiger partial charge in [0.1, 0.15) is 0 Å². The van der Waals surface area contributed by atoms with Crippen molar-refractivity contribution >= 4 is 38.9 Å². The topological polar surface area (TPSA) is 25.2 Å². The number of carbonyl (C=O) groups is 1. The van der Waals surface area contributed by atoms with E-state index in [-0.39, 0.29) is 11.9 Å². The third kappa shape index (κ3) is 3.28. The number of fused-ring (bicyclic) bond motifs is 3. The summed E-state index contributed by atoms with van der Waals surface area (Å²) in [5.74, 6) is 0.147. The van der Waals surface area contributed by atoms with E-state index in [1.165, 1.54) is 26.8 Å². The first-order valence-corrected chi connectivity index (χ1v) is 12.4. The Balaban J connectivity index is 1.43. The Morgan fingerprint density at radius 3 is 2.67 bits per heavy atom. The molecular weight excluding hydrogens is 424 g/mol. The Labute approximate surface area is 197 Å². The van der Waals surface area contributed by atoms with Crippen molar-refractivity contribution in [2.45, 2.75) is 25.8 Å². The maximum absolute atomic E-state index is 14.1. The van der Waals surface area contributed by atoms with Gasteiger partial charge >= 0.3 is 0 Å². The number of rotatable bonds is 3. The number of carbonyl (C=O) groups excluding carboxylic acids is 1. The molecule has 0 radical (unpaired) electrons. The van der Waals surface area contributed by atoms with Crippen LogP contribution in [0.4, 0.5) is 0 Å². The highest BCUT2D eigenvalue weighted by molar-refractivity contribution is 7.10. The number of hydrogen-bond acceptors (Lipinski definition) is 2. The van der Waals surface area contributed by atoms with Crippen molar-refractivity contribution in [3.8, 4) is 0 Å². The lowest BCUT2D eigenvalue weighted by Crippen LogP contribution is -2.40. The lowest BCUT2D eigenvalue weighted by Gasteiger charge is -2.36. The molecule has 1 aliphatic heterocycles. The molecule has 0 fully saturated rings. The molecule has 1 aliphatic rings. The minimum atomic E-state index is 0.0563. The van der Waals surface area contributed by atoms with Gasteiger partial charge in [-0.15, -0.1) is 11.3 Å². The average Bonchev–Trinajstić information content (AvgIpc) is 3.42. The van der Waals surface area contributed by atoms with Crippen LogP contribution in [0.2, 0.25) is 0 Å². The molecule has 0 N–H and O–H groups in total. The number of para-hydroxylation sites is 1. The lowest BCUT2D eigenvalue weighted by molar-refractivity contribution is 0.0665. The summed E-state index contributed by atoms with van der Waals surface area (Å²) < 4.78 is 2.14. The molecule has 1 atom stereocenters. The van der Waals surface area contributed by atoms with E-state index in [0.717, 1.165) is 41.5 Å². The van der Waals surface area contributed by atoms with Crippen molar-refractivity contribution < 1.29 is 4.79 Å². The SMILES string of the molecule is Cc1c(C(=O)N2CCc3ccsc3C2Cc2ccc3ccccc3c2)c2ccccc2n1C. The summed E-state index contributed by atoms with van der Waals surface area (Å²) in [5, 5.41) is 5.72. The van der Waals surface area contributed by atoms with E-state index < -0.39 is 0 Å². The number of nitrogens with zero attached hydrogens (tertiary/aromatic N) is 2. The van der Waals surface area contributed by atoms with Gasteiger partial charge in [-0.25, -0.2) is 0 Å². The molecule has 4 heteroatoms. The molecule has 5 aromatic rings. The predicted octanol–water partition coefficient (Wildman–Crippen LogP) is 6.68. The van der Waals surface area contributed by atoms with Crippen LogP contribution < -0.4 is 0 Å². The number of aromatic nitrogens is 1. The fourth-order valence-electron chi connectivity index (χ4n) is 5.35. The van der Waals surface area contributed by atoms with Gasteiger partial charge in [0, 0.05) is 35.1 Å². The molecule has 0 saturated heterocycles. The second-order valence-electron chi connectivity index (χ2n) is 9.00. The minimum Gasteiger partial charge on any atom is -0.347 e. The van der Waals surface area contributed by atoms with Crippen molar-refractivity contribution in [2.75, 3.05) is 6.54 Å². The van der Waals surface area contributed by atoms with Crippen LogP contribution in [-0.2, 0) is 19.9 Å². The van der Waals surface area contributed by atoms with Gasteiger partial charge in [-0.1, -0.05) is 60.7 Å². The van der Waals surface area contributed by atoms with Gasteiger partial charge in [0.05, 0.1) is 11.6 Å². The van der Waals surface area contributed by atoms with Crippen molar-refractivity contribution in [3.63, 3.8) is 0 Å². The smallest absolute Gasteiger partial charge is 0.256 e. The van der Waals surface area contributed by atoms with Crippen LogP contribution in [0, 0.1) is 6.92 Å². The molecule has 3 nitrogen and oxygen atoms in total. The van der Waals surface area contributed by atoms with E-state index in [4.69, 9.17) is 0 Å². The van der Waals surface area contributed by atoms with E-state index in [2.05, 4.69) is 89.5 Å². The summed E-state index contributed by atoms with van der Waals surface area (Å²) in [5.41, 5.74) is 5.65. The maximum Gasteiger partial charge on any atom is 0.256 e. The molecular formula is C29H26N2OS. The maximum atomic E-state index is 14.1. The zero-order valence-corrected chi connectivity index (χ0v) is 19.7. The normalized spacial score (nSPS) is 15.8. The Kier molecular flexibility index (Phi) is 4.84. The molecule has 6 rings (SSSR count). The van der Waals surface area contributed by atoms with Crippen molar-refractivity contribution in [1.29, 1.82) is 0 Å². The number of hydrogen-bond donors (Lipinski definition) is 0. The molecule has 0 bridgehead atoms. The lowest BCUT2D eigenvalue weighted by atomic mass is 9.93. The molecule has 33 heavy (non-hydrogen) atoms. The van der Waals surface area contributed by atoms with Crippen LogP contribution in [-0.4, -0.2) is 21.9 Å². The molecule has 0 spiro atoms. The minimum absolute atomic E-state index is 0.0563. The van der Waals surface area contributed by atoms with Gasteiger partial charge in [0.25, 0.3) is 5.91 Å². The molecule has 1 unspecified atom stereocenters. The zero-order chi connectivity index (χ0) is 22.5. The van der Waals surface area contributed by atoms with E-state index in [1.54, 1.807) is 11.3 Å². The summed E-state index contributed by atoms with van der Waals surface area (Å²) in [6, 6.07) is 25.7. The highest BCUT2D eigenvalue weighted by Crippen LogP contribution is 2.38. The molecule has 164 valence electrons. The Morgan fingerprint density at radius 1 is 1.00 bits per heavy atom. The Hall–Kier alpha value is -3.37. The van der Waals surface area contributed by atoms with Gasteiger partial charge in [0.15, 0.2) is 0 Å². The number of thiophene rings is 1. The third-order valence-electron chi connectivity index (χ3n) is 7.20. The fraction of sp³-hybridized carbons (Fsp3) is 0.207. The summed E-state index contributed by atoms with van der Waals surface area (Å²) >= 11 is 1.79. The van der Waals surface area contributed by atoms with Crippen LogP contribution in [0.15, 0.2) is 78.2 Å². The number of aryl methyl sites for hydroxylation is 1. The van der Waals surface area contributed by atoms with Crippen LogP contribution in [0.1, 0.15) is 38.1 Å². The van der Waals surface area contributed by atoms with Gasteiger partial charge in [-0.2, -0.15) is 0 Å². The van der Waals surface area contributed by atoms with E-state index in [0.29, 0.717) is 0 Å². The highest BCUT2D eigenvalue weighted by Gasteiger charge is 2.34. The third-order valence-corrected chi connectivity index (χ3v) is 8.26. The van der Waals surface area contributed by atoms with E-state index in [9.17, 15) is 4.79 Å². The summed E-state index contributed by atoms with van der Waals surface area (Å²) in [4.78, 5) is 17.6. The van der Waals surface area contributed by atoms with Crippen molar-refractivity contribution in [3.05, 3.63) is 105 Å². The summed E-state index contributed by atoms with van der Waals surface area (Å²) in [6.45, 7) is 2.82. The highest BCUT2D eigenvalue weighted by atomic mass is 32.1. The molecule has 0 aliphatic carbocycles. The predicted molar refractivity (Wildman–Crippen MR) is 137 cm³/mol. The first kappa shape index (κ1) is 20.3. The van der Waals surface area contributed by atoms with Crippen LogP contribution in [0.25, 0.3) is 21.7 Å². The molecule has 3 heterocycles. The number of benzene rings is 3. The van der Waals surface area contributed by atoms with E-state index in [1.807, 2.05) is 12.1 Å². The van der Waals surface area contributed by atoms with Gasteiger partial charge in [-0.05, 0) is 59.2 Å². The second-order valence-corrected chi connectivity index (χ2v) is 9.94. The van der Waals surface area contributed by atoms with Gasteiger partial charge in [0.2, 0.25) is 0 Å². The molecule has 0 saturated carbocycles. The van der Waals surface area contributed by atoms with Gasteiger partial charge in [-0.3, -0.25) is 4.79 Å². The second kappa shape index (κ2) is 7.89. The fourth-order valence-corrected chi connectivity index (χ4v) is 6.42. The monoisotopic (exact) mass is 450 g/mol. The largest absolute Gasteiger partial charge is 0.347 e. The number of amides is 1. The zero-order valence-electron chi connectivity index (χ0n) is 18.9. The van der Waals surface area contributed by atoms with Crippen molar-refractivity contribution in [1.82, 2.24) is 9.47 Å². The average molecular weight is 451 g/mol. The van der Waals surface area contributed by atoms with E-state index >= 15 is 0 Å².